The number of hydrogen-bond acceptors (Lipinski definition) is 2. The van der Waals surface area contributed by atoms with E-state index in [1.807, 2.05) is 12.1 Å². The van der Waals surface area contributed by atoms with E-state index in [1.165, 1.54) is 31.9 Å². The molecule has 0 amide bonds. The molecule has 2 heteroatoms. The molecule has 1 saturated carbocycles. The Hall–Kier alpha value is -1.31. The van der Waals surface area contributed by atoms with Crippen LogP contribution in [0.2, 0.25) is 0 Å². The van der Waals surface area contributed by atoms with Crippen LogP contribution in [0, 0.1) is 5.92 Å². The van der Waals surface area contributed by atoms with Gasteiger partial charge in [0.25, 0.3) is 0 Å². The zero-order valence-electron chi connectivity index (χ0n) is 9.03. The molecule has 0 aliphatic heterocycles. The van der Waals surface area contributed by atoms with Crippen LogP contribution in [0.15, 0.2) is 24.3 Å². The first-order chi connectivity index (χ1) is 7.29. The maximum absolute atomic E-state index is 11.3. The molecule has 0 N–H and O–H groups in total. The van der Waals surface area contributed by atoms with Gasteiger partial charge >= 0.3 is 5.97 Å². The van der Waals surface area contributed by atoms with E-state index in [0.29, 0.717) is 5.56 Å². The second-order valence-electron chi connectivity index (χ2n) is 4.17. The summed E-state index contributed by atoms with van der Waals surface area (Å²) >= 11 is 0. The number of carbonyl (C=O) groups is 1. The minimum atomic E-state index is -0.247. The van der Waals surface area contributed by atoms with Gasteiger partial charge in [-0.2, -0.15) is 0 Å². The summed E-state index contributed by atoms with van der Waals surface area (Å²) < 4.78 is 4.69. The zero-order valence-corrected chi connectivity index (χ0v) is 9.03. The normalized spacial score (nSPS) is 15.0. The van der Waals surface area contributed by atoms with Crippen LogP contribution in [0.1, 0.15) is 35.2 Å². The number of benzene rings is 1. The highest BCUT2D eigenvalue weighted by molar-refractivity contribution is 5.89. The third-order valence-electron chi connectivity index (χ3n) is 2.89. The second kappa shape index (κ2) is 4.47. The molecular formula is C13H16O2. The lowest BCUT2D eigenvalue weighted by Crippen LogP contribution is -2.01. The standard InChI is InChI=1S/C13H16O2/c1-15-13(14)12-4-2-3-11(9-12)8-7-10-5-6-10/h2-4,9-10H,5-8H2,1H3. The van der Waals surface area contributed by atoms with E-state index >= 15 is 0 Å². The van der Waals surface area contributed by atoms with E-state index in [9.17, 15) is 4.79 Å². The first kappa shape index (κ1) is 10.2. The molecule has 1 aromatic carbocycles. The molecule has 1 aromatic rings. The Morgan fingerprint density at radius 3 is 2.93 bits per heavy atom. The maximum atomic E-state index is 11.3. The van der Waals surface area contributed by atoms with Gasteiger partial charge in [0.2, 0.25) is 0 Å². The van der Waals surface area contributed by atoms with E-state index < -0.39 is 0 Å². The molecule has 0 unspecified atom stereocenters. The van der Waals surface area contributed by atoms with Crippen LogP contribution in [0.3, 0.4) is 0 Å². The van der Waals surface area contributed by atoms with E-state index in [-0.39, 0.29) is 5.97 Å². The number of hydrogen-bond donors (Lipinski definition) is 0. The zero-order chi connectivity index (χ0) is 10.7. The van der Waals surface area contributed by atoms with Crippen molar-refractivity contribution in [1.82, 2.24) is 0 Å². The summed E-state index contributed by atoms with van der Waals surface area (Å²) in [5, 5.41) is 0. The smallest absolute Gasteiger partial charge is 0.337 e. The highest BCUT2D eigenvalue weighted by Crippen LogP contribution is 2.33. The van der Waals surface area contributed by atoms with Crippen molar-refractivity contribution in [1.29, 1.82) is 0 Å². The summed E-state index contributed by atoms with van der Waals surface area (Å²) in [6.07, 6.45) is 5.10. The van der Waals surface area contributed by atoms with Crippen molar-refractivity contribution >= 4 is 5.97 Å². The molecular weight excluding hydrogens is 188 g/mol. The number of methoxy groups -OCH3 is 1. The summed E-state index contributed by atoms with van der Waals surface area (Å²) in [7, 11) is 1.42. The van der Waals surface area contributed by atoms with Gasteiger partial charge in [0, 0.05) is 0 Å². The Bertz CT molecular complexity index is 353. The minimum Gasteiger partial charge on any atom is -0.465 e. The lowest BCUT2D eigenvalue weighted by molar-refractivity contribution is 0.0600. The molecule has 80 valence electrons. The van der Waals surface area contributed by atoms with Crippen LogP contribution in [0.4, 0.5) is 0 Å². The first-order valence-electron chi connectivity index (χ1n) is 5.47. The van der Waals surface area contributed by atoms with Crippen LogP contribution < -0.4 is 0 Å². The molecule has 0 bridgehead atoms. The largest absolute Gasteiger partial charge is 0.465 e. The van der Waals surface area contributed by atoms with E-state index in [4.69, 9.17) is 4.74 Å². The fraction of sp³-hybridized carbons (Fsp3) is 0.462. The van der Waals surface area contributed by atoms with Crippen molar-refractivity contribution in [3.8, 4) is 0 Å². The minimum absolute atomic E-state index is 0.247. The number of esters is 1. The van der Waals surface area contributed by atoms with Crippen molar-refractivity contribution in [2.45, 2.75) is 25.7 Å². The lowest BCUT2D eigenvalue weighted by Gasteiger charge is -2.03. The second-order valence-corrected chi connectivity index (χ2v) is 4.17. The topological polar surface area (TPSA) is 26.3 Å². The molecule has 0 spiro atoms. The molecule has 1 aliphatic rings. The third-order valence-corrected chi connectivity index (χ3v) is 2.89. The van der Waals surface area contributed by atoms with E-state index in [2.05, 4.69) is 6.07 Å². The summed E-state index contributed by atoms with van der Waals surface area (Å²) in [5.41, 5.74) is 1.90. The van der Waals surface area contributed by atoms with Crippen LogP contribution in [-0.2, 0) is 11.2 Å². The Balaban J connectivity index is 2.00. The molecule has 15 heavy (non-hydrogen) atoms. The molecule has 0 radical (unpaired) electrons. The Kier molecular flexibility index (Phi) is 3.05. The number of rotatable bonds is 4. The highest BCUT2D eigenvalue weighted by Gasteiger charge is 2.20. The monoisotopic (exact) mass is 204 g/mol. The Labute approximate surface area is 90.3 Å². The van der Waals surface area contributed by atoms with Crippen molar-refractivity contribution in [3.05, 3.63) is 35.4 Å². The molecule has 2 rings (SSSR count). The third kappa shape index (κ3) is 2.82. The van der Waals surface area contributed by atoms with Gasteiger partial charge in [0.1, 0.15) is 0 Å². The van der Waals surface area contributed by atoms with Crippen molar-refractivity contribution in [2.24, 2.45) is 5.92 Å². The summed E-state index contributed by atoms with van der Waals surface area (Å²) in [4.78, 5) is 11.3. The van der Waals surface area contributed by atoms with Gasteiger partial charge < -0.3 is 4.74 Å². The quantitative estimate of drug-likeness (QED) is 0.705. The number of aryl methyl sites for hydroxylation is 1. The van der Waals surface area contributed by atoms with E-state index in [0.717, 1.165) is 12.3 Å². The molecule has 0 heterocycles. The predicted octanol–water partition coefficient (Wildman–Crippen LogP) is 2.82. The molecule has 0 aromatic heterocycles. The summed E-state index contributed by atoms with van der Waals surface area (Å²) in [6.45, 7) is 0. The fourth-order valence-electron chi connectivity index (χ4n) is 1.75. The van der Waals surface area contributed by atoms with Gasteiger partial charge in [-0.1, -0.05) is 25.0 Å². The highest BCUT2D eigenvalue weighted by atomic mass is 16.5. The van der Waals surface area contributed by atoms with Crippen molar-refractivity contribution in [3.63, 3.8) is 0 Å². The SMILES string of the molecule is COC(=O)c1cccc(CCC2CC2)c1. The molecule has 0 saturated heterocycles. The van der Waals surface area contributed by atoms with Crippen LogP contribution in [0.25, 0.3) is 0 Å². The number of ether oxygens (including phenoxy) is 1. The van der Waals surface area contributed by atoms with Gasteiger partial charge in [-0.25, -0.2) is 4.79 Å². The number of carbonyl (C=O) groups excluding carboxylic acids is 1. The lowest BCUT2D eigenvalue weighted by atomic mass is 10.0. The van der Waals surface area contributed by atoms with E-state index in [1.54, 1.807) is 6.07 Å². The molecule has 1 aliphatic carbocycles. The summed E-state index contributed by atoms with van der Waals surface area (Å²) in [6, 6.07) is 7.74. The Morgan fingerprint density at radius 1 is 1.47 bits per heavy atom. The van der Waals surface area contributed by atoms with Crippen molar-refractivity contribution < 1.29 is 9.53 Å². The maximum Gasteiger partial charge on any atom is 0.337 e. The van der Waals surface area contributed by atoms with Gasteiger partial charge in [0.05, 0.1) is 12.7 Å². The first-order valence-corrected chi connectivity index (χ1v) is 5.47. The molecule has 1 fully saturated rings. The average molecular weight is 204 g/mol. The van der Waals surface area contributed by atoms with Crippen molar-refractivity contribution in [2.75, 3.05) is 7.11 Å². The van der Waals surface area contributed by atoms with Gasteiger partial charge in [-0.05, 0) is 36.5 Å². The van der Waals surface area contributed by atoms with Gasteiger partial charge in [-0.15, -0.1) is 0 Å². The van der Waals surface area contributed by atoms with Crippen LogP contribution in [0.5, 0.6) is 0 Å². The van der Waals surface area contributed by atoms with Crippen LogP contribution >= 0.6 is 0 Å². The summed E-state index contributed by atoms with van der Waals surface area (Å²) in [5.74, 6) is 0.690. The predicted molar refractivity (Wildman–Crippen MR) is 58.8 cm³/mol. The average Bonchev–Trinajstić information content (AvgIpc) is 3.09. The Morgan fingerprint density at radius 2 is 2.27 bits per heavy atom. The van der Waals surface area contributed by atoms with Gasteiger partial charge in [-0.3, -0.25) is 0 Å². The molecule has 0 atom stereocenters. The molecule has 2 nitrogen and oxygen atoms in total. The fourth-order valence-corrected chi connectivity index (χ4v) is 1.75. The van der Waals surface area contributed by atoms with Gasteiger partial charge in [0.15, 0.2) is 0 Å². The van der Waals surface area contributed by atoms with Crippen LogP contribution in [-0.4, -0.2) is 13.1 Å².